The Labute approximate surface area is 106 Å². The van der Waals surface area contributed by atoms with Crippen LogP contribution in [0.3, 0.4) is 0 Å². The van der Waals surface area contributed by atoms with E-state index in [9.17, 15) is 8.42 Å². The third kappa shape index (κ3) is 2.80. The van der Waals surface area contributed by atoms with Crippen molar-refractivity contribution < 1.29 is 13.2 Å². The van der Waals surface area contributed by atoms with E-state index in [1.54, 1.807) is 12.1 Å². The molecule has 0 spiro atoms. The molecule has 0 bridgehead atoms. The topological polar surface area (TPSA) is 46.6 Å². The van der Waals surface area contributed by atoms with Gasteiger partial charge in [-0.2, -0.15) is 4.31 Å². The third-order valence-electron chi connectivity index (χ3n) is 2.62. The molecule has 0 unspecified atom stereocenters. The van der Waals surface area contributed by atoms with Crippen molar-refractivity contribution in [3.05, 3.63) is 28.8 Å². The van der Waals surface area contributed by atoms with Gasteiger partial charge in [0.05, 0.1) is 18.1 Å². The van der Waals surface area contributed by atoms with Crippen molar-refractivity contribution >= 4 is 21.6 Å². The Hall–Kier alpha value is -0.620. The summed E-state index contributed by atoms with van der Waals surface area (Å²) in [5.74, 6) is 0. The lowest BCUT2D eigenvalue weighted by Gasteiger charge is -2.26. The molecule has 0 aliphatic carbocycles. The summed E-state index contributed by atoms with van der Waals surface area (Å²) in [5, 5.41) is 0.442. The first-order valence-electron chi connectivity index (χ1n) is 5.35. The molecule has 0 N–H and O–H groups in total. The second-order valence-corrected chi connectivity index (χ2v) is 6.36. The summed E-state index contributed by atoms with van der Waals surface area (Å²) < 4.78 is 31.2. The molecule has 1 saturated heterocycles. The molecule has 0 saturated carbocycles. The molecule has 0 amide bonds. The van der Waals surface area contributed by atoms with Gasteiger partial charge >= 0.3 is 0 Å². The van der Waals surface area contributed by atoms with Crippen LogP contribution < -0.4 is 0 Å². The van der Waals surface area contributed by atoms with E-state index in [4.69, 9.17) is 16.3 Å². The van der Waals surface area contributed by atoms with Gasteiger partial charge in [0.15, 0.2) is 0 Å². The largest absolute Gasteiger partial charge is 0.379 e. The van der Waals surface area contributed by atoms with Crippen LogP contribution >= 0.6 is 11.6 Å². The minimum Gasteiger partial charge on any atom is -0.379 e. The number of benzene rings is 1. The van der Waals surface area contributed by atoms with E-state index < -0.39 is 10.0 Å². The number of ether oxygens (including phenoxy) is 1. The minimum absolute atomic E-state index is 0.254. The van der Waals surface area contributed by atoms with E-state index in [-0.39, 0.29) is 4.90 Å². The maximum atomic E-state index is 12.3. The average molecular weight is 276 g/mol. The number of halogens is 1. The molecule has 17 heavy (non-hydrogen) atoms. The van der Waals surface area contributed by atoms with Gasteiger partial charge in [0.1, 0.15) is 0 Å². The number of sulfonamides is 1. The highest BCUT2D eigenvalue weighted by molar-refractivity contribution is 7.89. The van der Waals surface area contributed by atoms with E-state index >= 15 is 0 Å². The Morgan fingerprint density at radius 3 is 2.47 bits per heavy atom. The number of rotatable bonds is 2. The number of morpholine rings is 1. The Morgan fingerprint density at radius 2 is 1.88 bits per heavy atom. The van der Waals surface area contributed by atoms with Crippen molar-refractivity contribution in [2.75, 3.05) is 26.3 Å². The number of hydrogen-bond acceptors (Lipinski definition) is 3. The SMILES string of the molecule is Cc1cc(Cl)cc(S(=O)(=O)N2CCOCC2)c1. The predicted octanol–water partition coefficient (Wildman–Crippen LogP) is 1.67. The maximum Gasteiger partial charge on any atom is 0.243 e. The van der Waals surface area contributed by atoms with Crippen LogP contribution in [0.4, 0.5) is 0 Å². The number of nitrogens with zero attached hydrogens (tertiary/aromatic N) is 1. The molecule has 2 rings (SSSR count). The van der Waals surface area contributed by atoms with Crippen LogP contribution in [0.25, 0.3) is 0 Å². The van der Waals surface area contributed by atoms with Crippen molar-refractivity contribution in [3.63, 3.8) is 0 Å². The fraction of sp³-hybridized carbons (Fsp3) is 0.455. The fourth-order valence-corrected chi connectivity index (χ4v) is 3.68. The molecule has 1 aliphatic rings. The Balaban J connectivity index is 2.36. The summed E-state index contributed by atoms with van der Waals surface area (Å²) in [6, 6.07) is 4.86. The normalized spacial score (nSPS) is 18.2. The zero-order valence-electron chi connectivity index (χ0n) is 9.52. The van der Waals surface area contributed by atoms with Crippen molar-refractivity contribution in [1.29, 1.82) is 0 Å². The molecular weight excluding hydrogens is 262 g/mol. The molecule has 0 radical (unpaired) electrons. The molecule has 0 aromatic heterocycles. The molecule has 1 aliphatic heterocycles. The van der Waals surface area contributed by atoms with Gasteiger partial charge in [-0.05, 0) is 30.7 Å². The van der Waals surface area contributed by atoms with Gasteiger partial charge in [-0.3, -0.25) is 0 Å². The summed E-state index contributed by atoms with van der Waals surface area (Å²) in [6.07, 6.45) is 0. The standard InChI is InChI=1S/C11H14ClNO3S/c1-9-6-10(12)8-11(7-9)17(14,15)13-2-4-16-5-3-13/h6-8H,2-5H2,1H3. The monoisotopic (exact) mass is 275 g/mol. The van der Waals surface area contributed by atoms with Gasteiger partial charge in [0.2, 0.25) is 10.0 Å². The fourth-order valence-electron chi connectivity index (χ4n) is 1.79. The molecule has 1 heterocycles. The van der Waals surface area contributed by atoms with Gasteiger partial charge in [0.25, 0.3) is 0 Å². The maximum absolute atomic E-state index is 12.3. The first-order chi connectivity index (χ1) is 8.00. The summed E-state index contributed by atoms with van der Waals surface area (Å²) in [4.78, 5) is 0.254. The molecule has 1 aromatic rings. The highest BCUT2D eigenvalue weighted by atomic mass is 35.5. The summed E-state index contributed by atoms with van der Waals surface area (Å²) in [6.45, 7) is 3.50. The summed E-state index contributed by atoms with van der Waals surface area (Å²) in [7, 11) is -3.44. The molecule has 94 valence electrons. The van der Waals surface area contributed by atoms with E-state index in [1.807, 2.05) is 6.92 Å². The van der Waals surface area contributed by atoms with Crippen molar-refractivity contribution in [2.45, 2.75) is 11.8 Å². The molecule has 1 aromatic carbocycles. The second-order valence-electron chi connectivity index (χ2n) is 3.98. The van der Waals surface area contributed by atoms with Crippen molar-refractivity contribution in [2.24, 2.45) is 0 Å². The van der Waals surface area contributed by atoms with Gasteiger partial charge in [-0.1, -0.05) is 11.6 Å². The first kappa shape index (κ1) is 12.8. The van der Waals surface area contributed by atoms with Gasteiger partial charge in [-0.15, -0.1) is 0 Å². The lowest BCUT2D eigenvalue weighted by Crippen LogP contribution is -2.40. The van der Waals surface area contributed by atoms with E-state index in [0.717, 1.165) is 5.56 Å². The van der Waals surface area contributed by atoms with Crippen LogP contribution in [0.2, 0.25) is 5.02 Å². The molecule has 1 fully saturated rings. The number of aryl methyl sites for hydroxylation is 1. The van der Waals surface area contributed by atoms with E-state index in [1.165, 1.54) is 10.4 Å². The van der Waals surface area contributed by atoms with E-state index in [0.29, 0.717) is 31.3 Å². The van der Waals surface area contributed by atoms with Crippen LogP contribution in [0.1, 0.15) is 5.56 Å². The van der Waals surface area contributed by atoms with Crippen LogP contribution in [-0.4, -0.2) is 39.0 Å². The molecule has 0 atom stereocenters. The lowest BCUT2D eigenvalue weighted by molar-refractivity contribution is 0.0730. The zero-order chi connectivity index (χ0) is 12.5. The highest BCUT2D eigenvalue weighted by Crippen LogP contribution is 2.22. The van der Waals surface area contributed by atoms with Crippen LogP contribution in [0, 0.1) is 6.92 Å². The smallest absolute Gasteiger partial charge is 0.243 e. The second kappa shape index (κ2) is 4.94. The third-order valence-corrected chi connectivity index (χ3v) is 4.72. The summed E-state index contributed by atoms with van der Waals surface area (Å²) >= 11 is 5.89. The molecule has 6 heteroatoms. The average Bonchev–Trinajstić information content (AvgIpc) is 2.29. The Morgan fingerprint density at radius 1 is 1.24 bits per heavy atom. The minimum atomic E-state index is -3.44. The van der Waals surface area contributed by atoms with Crippen LogP contribution in [0.15, 0.2) is 23.1 Å². The molecular formula is C11H14ClNO3S. The zero-order valence-corrected chi connectivity index (χ0v) is 11.1. The van der Waals surface area contributed by atoms with Crippen molar-refractivity contribution in [1.82, 2.24) is 4.31 Å². The van der Waals surface area contributed by atoms with Crippen molar-refractivity contribution in [3.8, 4) is 0 Å². The van der Waals surface area contributed by atoms with Gasteiger partial charge in [0, 0.05) is 18.1 Å². The lowest BCUT2D eigenvalue weighted by atomic mass is 10.2. The highest BCUT2D eigenvalue weighted by Gasteiger charge is 2.26. The molecule has 4 nitrogen and oxygen atoms in total. The van der Waals surface area contributed by atoms with Crippen LogP contribution in [-0.2, 0) is 14.8 Å². The number of hydrogen-bond donors (Lipinski definition) is 0. The van der Waals surface area contributed by atoms with Gasteiger partial charge in [-0.25, -0.2) is 8.42 Å². The summed E-state index contributed by atoms with van der Waals surface area (Å²) in [5.41, 5.74) is 0.837. The Bertz CT molecular complexity index is 489. The first-order valence-corrected chi connectivity index (χ1v) is 7.17. The quantitative estimate of drug-likeness (QED) is 0.825. The predicted molar refractivity (Wildman–Crippen MR) is 65.8 cm³/mol. The van der Waals surface area contributed by atoms with E-state index in [2.05, 4.69) is 0 Å². The Kier molecular flexibility index (Phi) is 3.73. The van der Waals surface area contributed by atoms with Gasteiger partial charge < -0.3 is 4.74 Å². The van der Waals surface area contributed by atoms with Crippen LogP contribution in [0.5, 0.6) is 0 Å².